The average Bonchev–Trinajstić information content (AvgIpc) is 2.73. The third kappa shape index (κ3) is 4.51. The van der Waals surface area contributed by atoms with Gasteiger partial charge in [-0.3, -0.25) is 19.7 Å². The number of alkyl halides is 3. The van der Waals surface area contributed by atoms with E-state index in [1.165, 1.54) is 56.4 Å². The Hall–Kier alpha value is -4.02. The van der Waals surface area contributed by atoms with Gasteiger partial charge in [-0.1, -0.05) is 30.3 Å². The summed E-state index contributed by atoms with van der Waals surface area (Å²) in [6.45, 7) is 1.07. The van der Waals surface area contributed by atoms with Crippen LogP contribution in [0.2, 0.25) is 0 Å². The molecular weight excluding hydrogens is 429 g/mol. The predicted molar refractivity (Wildman–Crippen MR) is 108 cm³/mol. The number of nitrogens with zero attached hydrogens (tertiary/aromatic N) is 4. The molecule has 0 N–H and O–H groups in total. The van der Waals surface area contributed by atoms with E-state index in [1.807, 2.05) is 0 Å². The fourth-order valence-corrected chi connectivity index (χ4v) is 3.18. The lowest BCUT2D eigenvalue weighted by molar-refractivity contribution is -0.384. The largest absolute Gasteiger partial charge is 0.416 e. The van der Waals surface area contributed by atoms with E-state index < -0.39 is 40.2 Å². The first kappa shape index (κ1) is 22.7. The lowest BCUT2D eigenvalue weighted by atomic mass is 10.1. The molecule has 0 saturated carbocycles. The normalized spacial score (nSPS) is 11.3. The highest BCUT2D eigenvalue weighted by Gasteiger charge is 2.33. The van der Waals surface area contributed by atoms with Gasteiger partial charge in [-0.25, -0.2) is 4.68 Å². The number of halogens is 3. The number of aromatic nitrogens is 2. The van der Waals surface area contributed by atoms with Crippen molar-refractivity contribution < 1.29 is 22.9 Å². The molecule has 11 heteroatoms. The second-order valence-corrected chi connectivity index (χ2v) is 6.97. The monoisotopic (exact) mass is 446 g/mol. The summed E-state index contributed by atoms with van der Waals surface area (Å²) in [4.78, 5) is 37.0. The van der Waals surface area contributed by atoms with Crippen molar-refractivity contribution in [3.8, 4) is 5.69 Å². The van der Waals surface area contributed by atoms with E-state index in [-0.39, 0.29) is 22.6 Å². The van der Waals surface area contributed by atoms with Crippen LogP contribution in [0.3, 0.4) is 0 Å². The van der Waals surface area contributed by atoms with Gasteiger partial charge in [0.25, 0.3) is 11.6 Å². The summed E-state index contributed by atoms with van der Waals surface area (Å²) >= 11 is 0. The number of hydrogen-bond donors (Lipinski definition) is 0. The van der Waals surface area contributed by atoms with Gasteiger partial charge in [-0.2, -0.15) is 18.3 Å². The summed E-state index contributed by atoms with van der Waals surface area (Å²) in [5.74, 6) is -0.917. The quantitative estimate of drug-likeness (QED) is 0.439. The van der Waals surface area contributed by atoms with Crippen molar-refractivity contribution in [2.45, 2.75) is 19.6 Å². The summed E-state index contributed by atoms with van der Waals surface area (Å²) in [5, 5.41) is 15.4. The Kier molecular flexibility index (Phi) is 6.10. The highest BCUT2D eigenvalue weighted by Crippen LogP contribution is 2.32. The standard InChI is InChI=1S/C21H17F3N4O4/c1-13-11-18(29)19(25-27(13)16-9-5-6-10-17(16)28(31)32)20(30)26(2)12-14-7-3-4-8-15(14)21(22,23)24/h3-11H,12H2,1-2H3. The number of para-hydroxylation sites is 2. The van der Waals surface area contributed by atoms with Gasteiger partial charge in [0.1, 0.15) is 5.69 Å². The minimum absolute atomic E-state index is 0.0362. The van der Waals surface area contributed by atoms with Crippen molar-refractivity contribution in [1.29, 1.82) is 0 Å². The molecule has 0 radical (unpaired) electrons. The number of benzene rings is 2. The minimum atomic E-state index is -4.61. The van der Waals surface area contributed by atoms with Crippen molar-refractivity contribution in [2.24, 2.45) is 0 Å². The van der Waals surface area contributed by atoms with E-state index in [0.717, 1.165) is 21.7 Å². The molecule has 2 aromatic carbocycles. The first-order chi connectivity index (χ1) is 15.0. The fourth-order valence-electron chi connectivity index (χ4n) is 3.18. The number of rotatable bonds is 5. The maximum atomic E-state index is 13.3. The van der Waals surface area contributed by atoms with Gasteiger partial charge in [0.05, 0.1) is 10.5 Å². The number of nitro benzene ring substituents is 1. The zero-order valence-electron chi connectivity index (χ0n) is 17.0. The summed E-state index contributed by atoms with van der Waals surface area (Å²) < 4.78 is 40.8. The predicted octanol–water partition coefficient (Wildman–Crippen LogP) is 3.74. The summed E-state index contributed by atoms with van der Waals surface area (Å²) in [7, 11) is 1.24. The van der Waals surface area contributed by atoms with Crippen molar-refractivity contribution >= 4 is 11.6 Å². The maximum absolute atomic E-state index is 13.3. The summed E-state index contributed by atoms with van der Waals surface area (Å²) in [6, 6.07) is 11.5. The lowest BCUT2D eigenvalue weighted by Gasteiger charge is -2.20. The van der Waals surface area contributed by atoms with Crippen LogP contribution in [0.4, 0.5) is 18.9 Å². The molecule has 1 aromatic heterocycles. The highest BCUT2D eigenvalue weighted by atomic mass is 19.4. The number of carbonyl (C=O) groups is 1. The van der Waals surface area contributed by atoms with E-state index in [9.17, 15) is 32.9 Å². The minimum Gasteiger partial charge on any atom is -0.336 e. The zero-order valence-corrected chi connectivity index (χ0v) is 17.0. The fraction of sp³-hybridized carbons (Fsp3) is 0.190. The molecule has 0 fully saturated rings. The first-order valence-electron chi connectivity index (χ1n) is 9.26. The van der Waals surface area contributed by atoms with E-state index in [1.54, 1.807) is 0 Å². The zero-order chi connectivity index (χ0) is 23.6. The first-order valence-corrected chi connectivity index (χ1v) is 9.26. The van der Waals surface area contributed by atoms with E-state index in [4.69, 9.17) is 0 Å². The van der Waals surface area contributed by atoms with Gasteiger partial charge in [-0.05, 0) is 24.6 Å². The van der Waals surface area contributed by atoms with Crippen molar-refractivity contribution in [3.63, 3.8) is 0 Å². The van der Waals surface area contributed by atoms with Crippen molar-refractivity contribution in [3.05, 3.63) is 97.4 Å². The Morgan fingerprint density at radius 3 is 2.44 bits per heavy atom. The number of hydrogen-bond acceptors (Lipinski definition) is 5. The van der Waals surface area contributed by atoms with Crippen LogP contribution < -0.4 is 5.43 Å². The van der Waals surface area contributed by atoms with Crippen LogP contribution in [-0.4, -0.2) is 32.6 Å². The molecular formula is C21H17F3N4O4. The van der Waals surface area contributed by atoms with Crippen LogP contribution in [0, 0.1) is 17.0 Å². The van der Waals surface area contributed by atoms with Crippen LogP contribution in [0.15, 0.2) is 59.4 Å². The molecule has 8 nitrogen and oxygen atoms in total. The maximum Gasteiger partial charge on any atom is 0.416 e. The summed E-state index contributed by atoms with van der Waals surface area (Å²) in [6.07, 6.45) is -4.61. The van der Waals surface area contributed by atoms with Crippen LogP contribution in [-0.2, 0) is 12.7 Å². The van der Waals surface area contributed by atoms with Gasteiger partial charge >= 0.3 is 6.18 Å². The third-order valence-electron chi connectivity index (χ3n) is 4.69. The SMILES string of the molecule is Cc1cc(=O)c(C(=O)N(C)Cc2ccccc2C(F)(F)F)nn1-c1ccccc1[N+](=O)[O-]. The van der Waals surface area contributed by atoms with Crippen LogP contribution in [0.5, 0.6) is 0 Å². The van der Waals surface area contributed by atoms with E-state index in [2.05, 4.69) is 5.10 Å². The van der Waals surface area contributed by atoms with E-state index in [0.29, 0.717) is 0 Å². The molecule has 0 aliphatic heterocycles. The Morgan fingerprint density at radius 2 is 1.78 bits per heavy atom. The number of amides is 1. The van der Waals surface area contributed by atoms with Gasteiger partial charge in [0.15, 0.2) is 5.69 Å². The molecule has 0 atom stereocenters. The number of nitro groups is 1. The van der Waals surface area contributed by atoms with Gasteiger partial charge < -0.3 is 4.90 Å². The van der Waals surface area contributed by atoms with E-state index >= 15 is 0 Å². The smallest absolute Gasteiger partial charge is 0.336 e. The Bertz CT molecular complexity index is 1250. The average molecular weight is 446 g/mol. The van der Waals surface area contributed by atoms with Gasteiger partial charge in [0.2, 0.25) is 5.43 Å². The van der Waals surface area contributed by atoms with Crippen molar-refractivity contribution in [2.75, 3.05) is 7.05 Å². The lowest BCUT2D eigenvalue weighted by Crippen LogP contribution is -2.34. The molecule has 1 amide bonds. The Morgan fingerprint density at radius 1 is 1.16 bits per heavy atom. The molecule has 1 heterocycles. The molecule has 0 aliphatic rings. The molecule has 0 spiro atoms. The topological polar surface area (TPSA) is 98.3 Å². The van der Waals surface area contributed by atoms with Crippen molar-refractivity contribution in [1.82, 2.24) is 14.7 Å². The second kappa shape index (κ2) is 8.61. The number of carbonyl (C=O) groups excluding carboxylic acids is 1. The molecule has 0 aliphatic carbocycles. The highest BCUT2D eigenvalue weighted by molar-refractivity contribution is 5.92. The molecule has 0 saturated heterocycles. The molecule has 3 aromatic rings. The molecule has 166 valence electrons. The molecule has 0 unspecified atom stereocenters. The second-order valence-electron chi connectivity index (χ2n) is 6.97. The van der Waals surface area contributed by atoms with Crippen LogP contribution in [0.25, 0.3) is 5.69 Å². The third-order valence-corrected chi connectivity index (χ3v) is 4.69. The molecule has 0 bridgehead atoms. The van der Waals surface area contributed by atoms with Gasteiger partial charge in [0, 0.05) is 31.4 Å². The van der Waals surface area contributed by atoms with Crippen LogP contribution >= 0.6 is 0 Å². The Labute approximate surface area is 179 Å². The molecule has 3 rings (SSSR count). The number of aryl methyl sites for hydroxylation is 1. The van der Waals surface area contributed by atoms with Gasteiger partial charge in [-0.15, -0.1) is 0 Å². The van der Waals surface area contributed by atoms with Crippen LogP contribution in [0.1, 0.15) is 27.3 Å². The Balaban J connectivity index is 2.01. The molecule has 32 heavy (non-hydrogen) atoms. The summed E-state index contributed by atoms with van der Waals surface area (Å²) in [5.41, 5.74) is -2.38.